The van der Waals surface area contributed by atoms with Crippen LogP contribution in [0.2, 0.25) is 0 Å². The van der Waals surface area contributed by atoms with Gasteiger partial charge in [0.2, 0.25) is 0 Å². The third-order valence-electron chi connectivity index (χ3n) is 4.12. The van der Waals surface area contributed by atoms with Gasteiger partial charge < -0.3 is 4.74 Å². The maximum atomic E-state index is 11.5. The van der Waals surface area contributed by atoms with E-state index in [4.69, 9.17) is 4.74 Å². The third-order valence-corrected chi connectivity index (χ3v) is 4.91. The van der Waals surface area contributed by atoms with Crippen LogP contribution in [0.1, 0.15) is 36.1 Å². The Morgan fingerprint density at radius 2 is 1.36 bits per heavy atom. The van der Waals surface area contributed by atoms with Gasteiger partial charge in [-0.25, -0.2) is 0 Å². The fourth-order valence-corrected chi connectivity index (χ4v) is 3.30. The molecule has 0 saturated heterocycles. The van der Waals surface area contributed by atoms with Crippen molar-refractivity contribution >= 4 is 28.5 Å². The van der Waals surface area contributed by atoms with Gasteiger partial charge in [-0.15, -0.1) is 0 Å². The van der Waals surface area contributed by atoms with Gasteiger partial charge in [0.05, 0.1) is 4.92 Å². The number of benzene rings is 3. The molecule has 0 N–H and O–H groups in total. The van der Waals surface area contributed by atoms with Gasteiger partial charge in [-0.3, -0.25) is 19.7 Å². The lowest BCUT2D eigenvalue weighted by Crippen LogP contribution is -2.00. The summed E-state index contributed by atoms with van der Waals surface area (Å²) in [6.07, 6.45) is 0. The first-order valence-electron chi connectivity index (χ1n) is 9.69. The van der Waals surface area contributed by atoms with E-state index in [0.717, 1.165) is 16.7 Å². The highest BCUT2D eigenvalue weighted by Gasteiger charge is 2.12. The number of hydrogen-bond acceptors (Lipinski definition) is 6. The summed E-state index contributed by atoms with van der Waals surface area (Å²) in [5.74, 6) is 11.6. The normalized spacial score (nSPS) is 9.64. The zero-order valence-corrected chi connectivity index (χ0v) is 18.6. The molecule has 0 saturated carbocycles. The van der Waals surface area contributed by atoms with E-state index in [1.54, 1.807) is 60.7 Å². The minimum Gasteiger partial charge on any atom is -0.427 e. The Morgan fingerprint density at radius 1 is 0.818 bits per heavy atom. The van der Waals surface area contributed by atoms with Gasteiger partial charge in [0.1, 0.15) is 11.3 Å². The fraction of sp³-hybridized carbons (Fsp3) is 0.0769. The standard InChI is InChI=1S/C26H17NO5S/c1-18(28)32-24-13-7-20(8-14-24)3-4-22-6-12-23(26(17-22)27(30)31)11-5-21-9-15-25(16-10-21)33-19(2)29/h6-10,12-17H,1-2H3. The number of rotatable bonds is 3. The Hall–Kier alpha value is -4.33. The van der Waals surface area contributed by atoms with Crippen molar-refractivity contribution in [1.29, 1.82) is 0 Å². The highest BCUT2D eigenvalue weighted by Crippen LogP contribution is 2.21. The Balaban J connectivity index is 1.80. The molecule has 0 spiro atoms. The van der Waals surface area contributed by atoms with Crippen molar-refractivity contribution in [2.24, 2.45) is 0 Å². The van der Waals surface area contributed by atoms with Crippen LogP contribution in [0.25, 0.3) is 0 Å². The van der Waals surface area contributed by atoms with E-state index in [9.17, 15) is 19.7 Å². The van der Waals surface area contributed by atoms with Crippen molar-refractivity contribution in [3.05, 3.63) is 99.1 Å². The van der Waals surface area contributed by atoms with Gasteiger partial charge in [0.15, 0.2) is 5.12 Å². The molecule has 0 aromatic heterocycles. The summed E-state index contributed by atoms with van der Waals surface area (Å²) < 4.78 is 4.97. The second-order valence-corrected chi connectivity index (χ2v) is 7.98. The van der Waals surface area contributed by atoms with Crippen LogP contribution in [0.4, 0.5) is 5.69 Å². The Bertz CT molecular complexity index is 1340. The van der Waals surface area contributed by atoms with Crippen molar-refractivity contribution in [2.45, 2.75) is 18.7 Å². The van der Waals surface area contributed by atoms with Crippen LogP contribution in [0, 0.1) is 33.8 Å². The molecule has 3 rings (SSSR count). The van der Waals surface area contributed by atoms with E-state index in [2.05, 4.69) is 23.7 Å². The smallest absolute Gasteiger partial charge is 0.308 e. The number of nitro benzene ring substituents is 1. The van der Waals surface area contributed by atoms with Crippen molar-refractivity contribution in [3.8, 4) is 29.4 Å². The van der Waals surface area contributed by atoms with E-state index >= 15 is 0 Å². The number of carbonyl (C=O) groups is 2. The third kappa shape index (κ3) is 7.10. The fourth-order valence-electron chi connectivity index (χ4n) is 2.69. The monoisotopic (exact) mass is 455 g/mol. The van der Waals surface area contributed by atoms with Crippen molar-refractivity contribution in [3.63, 3.8) is 0 Å². The van der Waals surface area contributed by atoms with Crippen LogP contribution in [0.3, 0.4) is 0 Å². The molecule has 6 nitrogen and oxygen atoms in total. The van der Waals surface area contributed by atoms with E-state index < -0.39 is 10.9 Å². The summed E-state index contributed by atoms with van der Waals surface area (Å²) in [6, 6.07) is 18.3. The molecule has 3 aromatic rings. The van der Waals surface area contributed by atoms with Gasteiger partial charge >= 0.3 is 5.97 Å². The molecule has 3 aromatic carbocycles. The van der Waals surface area contributed by atoms with E-state index in [1.807, 2.05) is 0 Å². The summed E-state index contributed by atoms with van der Waals surface area (Å²) in [7, 11) is 0. The summed E-state index contributed by atoms with van der Waals surface area (Å²) in [4.78, 5) is 34.0. The summed E-state index contributed by atoms with van der Waals surface area (Å²) in [6.45, 7) is 2.81. The first kappa shape index (κ1) is 23.3. The molecule has 0 heterocycles. The minimum atomic E-state index is -0.490. The average molecular weight is 455 g/mol. The topological polar surface area (TPSA) is 86.5 Å². The number of nitro groups is 1. The molecule has 0 bridgehead atoms. The van der Waals surface area contributed by atoms with Crippen LogP contribution in [-0.2, 0) is 9.59 Å². The zero-order chi connectivity index (χ0) is 23.8. The lowest BCUT2D eigenvalue weighted by molar-refractivity contribution is -0.385. The van der Waals surface area contributed by atoms with E-state index in [-0.39, 0.29) is 16.4 Å². The Kier molecular flexibility index (Phi) is 7.64. The van der Waals surface area contributed by atoms with Gasteiger partial charge in [-0.1, -0.05) is 35.4 Å². The second-order valence-electron chi connectivity index (χ2n) is 6.73. The minimum absolute atomic E-state index is 0.00772. The maximum Gasteiger partial charge on any atom is 0.308 e. The van der Waals surface area contributed by atoms with Gasteiger partial charge in [0, 0.05) is 41.5 Å². The molecular formula is C26H17NO5S. The zero-order valence-electron chi connectivity index (χ0n) is 17.7. The summed E-state index contributed by atoms with van der Waals surface area (Å²) in [5, 5.41) is 11.5. The van der Waals surface area contributed by atoms with Crippen molar-refractivity contribution < 1.29 is 19.2 Å². The number of hydrogen-bond donors (Lipinski definition) is 0. The lowest BCUT2D eigenvalue weighted by atomic mass is 10.1. The molecule has 0 aliphatic carbocycles. The average Bonchev–Trinajstić information content (AvgIpc) is 2.77. The van der Waals surface area contributed by atoms with E-state index in [0.29, 0.717) is 22.4 Å². The highest BCUT2D eigenvalue weighted by atomic mass is 32.2. The predicted molar refractivity (Wildman–Crippen MR) is 126 cm³/mol. The van der Waals surface area contributed by atoms with Crippen LogP contribution in [0.5, 0.6) is 5.75 Å². The van der Waals surface area contributed by atoms with Gasteiger partial charge in [-0.05, 0) is 60.7 Å². The largest absolute Gasteiger partial charge is 0.427 e. The predicted octanol–water partition coefficient (Wildman–Crippen LogP) is 4.96. The summed E-state index contributed by atoms with van der Waals surface area (Å²) in [5.41, 5.74) is 1.96. The quantitative estimate of drug-likeness (QED) is 0.139. The Labute approximate surface area is 195 Å². The summed E-state index contributed by atoms with van der Waals surface area (Å²) >= 11 is 1.13. The van der Waals surface area contributed by atoms with E-state index in [1.165, 1.54) is 19.9 Å². The van der Waals surface area contributed by atoms with Crippen molar-refractivity contribution in [1.82, 2.24) is 0 Å². The molecule has 7 heteroatoms. The second kappa shape index (κ2) is 10.8. The van der Waals surface area contributed by atoms with Crippen LogP contribution < -0.4 is 4.74 Å². The number of thioether (sulfide) groups is 1. The Morgan fingerprint density at radius 3 is 1.94 bits per heavy atom. The van der Waals surface area contributed by atoms with Crippen LogP contribution >= 0.6 is 11.8 Å². The molecule has 0 fully saturated rings. The van der Waals surface area contributed by atoms with Crippen LogP contribution in [0.15, 0.2) is 71.6 Å². The van der Waals surface area contributed by atoms with Crippen molar-refractivity contribution in [2.75, 3.05) is 0 Å². The molecule has 0 unspecified atom stereocenters. The molecular weight excluding hydrogens is 438 g/mol. The number of carbonyl (C=O) groups excluding carboxylic acids is 2. The molecule has 0 radical (unpaired) electrons. The number of esters is 1. The molecule has 0 aliphatic rings. The molecule has 0 amide bonds. The SMILES string of the molecule is CC(=O)Oc1ccc(C#Cc2ccc(C#Cc3ccc(SC(C)=O)cc3)c([N+](=O)[O-])c2)cc1. The lowest BCUT2D eigenvalue weighted by Gasteiger charge is -2.00. The van der Waals surface area contributed by atoms with Crippen LogP contribution in [-0.4, -0.2) is 16.0 Å². The van der Waals surface area contributed by atoms with Gasteiger partial charge in [0.25, 0.3) is 5.69 Å². The highest BCUT2D eigenvalue weighted by molar-refractivity contribution is 8.13. The first-order chi connectivity index (χ1) is 15.8. The number of ether oxygens (including phenoxy) is 1. The number of nitrogens with zero attached hydrogens (tertiary/aromatic N) is 1. The van der Waals surface area contributed by atoms with Gasteiger partial charge in [-0.2, -0.15) is 0 Å². The molecule has 0 atom stereocenters. The molecule has 0 aliphatic heterocycles. The molecule has 33 heavy (non-hydrogen) atoms. The molecule has 162 valence electrons. The maximum absolute atomic E-state index is 11.5. The first-order valence-corrected chi connectivity index (χ1v) is 10.5.